The van der Waals surface area contributed by atoms with E-state index in [0.717, 1.165) is 51.8 Å². The van der Waals surface area contributed by atoms with E-state index in [1.807, 2.05) is 0 Å². The van der Waals surface area contributed by atoms with Gasteiger partial charge >= 0.3 is 0 Å². The number of ether oxygens (including phenoxy) is 1. The molecule has 1 aliphatic carbocycles. The molecule has 3 nitrogen and oxygen atoms in total. The summed E-state index contributed by atoms with van der Waals surface area (Å²) < 4.78 is 6.28. The maximum Gasteiger partial charge on any atom is 0.0598 e. The first-order valence-corrected chi connectivity index (χ1v) is 11.2. The van der Waals surface area contributed by atoms with E-state index in [4.69, 9.17) is 17.4 Å². The summed E-state index contributed by atoms with van der Waals surface area (Å²) in [5, 5.41) is 0.311. The summed E-state index contributed by atoms with van der Waals surface area (Å²) in [5.74, 6) is 0.773. The molecule has 1 saturated carbocycles. The maximum atomic E-state index is 6.28. The zero-order valence-electron chi connectivity index (χ0n) is 17.4. The molecule has 2 aliphatic rings. The van der Waals surface area contributed by atoms with E-state index in [9.17, 15) is 0 Å². The molecule has 1 aromatic carbocycles. The van der Waals surface area contributed by atoms with Gasteiger partial charge in [0.25, 0.3) is 0 Å². The van der Waals surface area contributed by atoms with E-state index in [2.05, 4.69) is 60.9 Å². The van der Waals surface area contributed by atoms with Crippen molar-refractivity contribution in [2.45, 2.75) is 57.9 Å². The number of benzene rings is 1. The minimum Gasteiger partial charge on any atom is -0.377 e. The van der Waals surface area contributed by atoms with Crippen molar-refractivity contribution in [1.82, 2.24) is 9.80 Å². The Kier molecular flexibility index (Phi) is 7.66. The molecule has 152 valence electrons. The first-order valence-electron chi connectivity index (χ1n) is 10.7. The van der Waals surface area contributed by atoms with E-state index < -0.39 is 0 Å². The van der Waals surface area contributed by atoms with Crippen LogP contribution in [0.5, 0.6) is 0 Å². The summed E-state index contributed by atoms with van der Waals surface area (Å²) in [4.78, 5) is 5.11. The number of thiol groups is 1. The summed E-state index contributed by atoms with van der Waals surface area (Å²) in [6, 6.07) is 10.8. The standard InChI is InChI=1S/C23H38N2OS/c1-19-13-21(15-23(2,3)14-19)26-18-22(27)17-25-11-9-24(10-12-25)16-20-7-5-4-6-8-20/h4-8,19,21-22,27H,9-18H2,1-3H3/t19-,21+,22-/m1/s1. The molecule has 1 saturated heterocycles. The summed E-state index contributed by atoms with van der Waals surface area (Å²) in [6.45, 7) is 14.6. The molecule has 4 heteroatoms. The van der Waals surface area contributed by atoms with Crippen LogP contribution in [0.1, 0.15) is 45.6 Å². The Labute approximate surface area is 171 Å². The molecule has 0 bridgehead atoms. The Bertz CT molecular complexity index is 557. The van der Waals surface area contributed by atoms with Crippen molar-refractivity contribution in [3.63, 3.8) is 0 Å². The Balaban J connectivity index is 1.34. The molecule has 3 atom stereocenters. The molecule has 1 heterocycles. The van der Waals surface area contributed by atoms with E-state index >= 15 is 0 Å². The SMILES string of the molecule is C[C@@H]1C[C@H](OC[C@H](S)CN2CCN(Cc3ccccc3)CC2)CC(C)(C)C1. The molecule has 0 aromatic heterocycles. The van der Waals surface area contributed by atoms with Gasteiger partial charge in [-0.1, -0.05) is 51.1 Å². The molecule has 0 unspecified atom stereocenters. The molecule has 0 amide bonds. The lowest BCUT2D eigenvalue weighted by Crippen LogP contribution is -2.48. The average molecular weight is 391 g/mol. The minimum atomic E-state index is 0.311. The second-order valence-corrected chi connectivity index (χ2v) is 10.3. The van der Waals surface area contributed by atoms with Gasteiger partial charge in [-0.15, -0.1) is 0 Å². The van der Waals surface area contributed by atoms with Crippen LogP contribution in [-0.2, 0) is 11.3 Å². The van der Waals surface area contributed by atoms with E-state index in [0.29, 0.717) is 16.8 Å². The molecule has 27 heavy (non-hydrogen) atoms. The first-order chi connectivity index (χ1) is 12.9. The molecule has 1 aliphatic heterocycles. The van der Waals surface area contributed by atoms with Crippen LogP contribution >= 0.6 is 12.6 Å². The van der Waals surface area contributed by atoms with E-state index in [1.54, 1.807) is 0 Å². The third-order valence-corrected chi connectivity index (χ3v) is 6.37. The van der Waals surface area contributed by atoms with Gasteiger partial charge in [-0.25, -0.2) is 0 Å². The fourth-order valence-corrected chi connectivity index (χ4v) is 5.27. The molecule has 0 radical (unpaired) electrons. The van der Waals surface area contributed by atoms with Crippen LogP contribution in [-0.4, -0.2) is 60.5 Å². The van der Waals surface area contributed by atoms with Gasteiger partial charge in [0.2, 0.25) is 0 Å². The zero-order chi connectivity index (χ0) is 19.3. The Morgan fingerprint density at radius 2 is 1.74 bits per heavy atom. The minimum absolute atomic E-state index is 0.311. The largest absolute Gasteiger partial charge is 0.377 e. The smallest absolute Gasteiger partial charge is 0.0598 e. The lowest BCUT2D eigenvalue weighted by atomic mass is 9.71. The van der Waals surface area contributed by atoms with Gasteiger partial charge < -0.3 is 4.74 Å². The third-order valence-electron chi connectivity index (χ3n) is 6.05. The summed E-state index contributed by atoms with van der Waals surface area (Å²) in [5.41, 5.74) is 1.83. The fraction of sp³-hybridized carbons (Fsp3) is 0.739. The number of nitrogens with zero attached hydrogens (tertiary/aromatic N) is 2. The first kappa shape index (κ1) is 21.2. The van der Waals surface area contributed by atoms with Crippen molar-refractivity contribution in [1.29, 1.82) is 0 Å². The lowest BCUT2D eigenvalue weighted by Gasteiger charge is -2.39. The Morgan fingerprint density at radius 3 is 2.41 bits per heavy atom. The van der Waals surface area contributed by atoms with Gasteiger partial charge in [-0.05, 0) is 36.2 Å². The van der Waals surface area contributed by atoms with E-state index in [-0.39, 0.29) is 0 Å². The van der Waals surface area contributed by atoms with Crippen molar-refractivity contribution in [3.05, 3.63) is 35.9 Å². The highest BCUT2D eigenvalue weighted by molar-refractivity contribution is 7.81. The predicted molar refractivity (Wildman–Crippen MR) is 117 cm³/mol. The third kappa shape index (κ3) is 7.08. The maximum absolute atomic E-state index is 6.28. The highest BCUT2D eigenvalue weighted by Gasteiger charge is 2.32. The molecule has 3 rings (SSSR count). The number of hydrogen-bond acceptors (Lipinski definition) is 4. The van der Waals surface area contributed by atoms with E-state index in [1.165, 1.54) is 24.8 Å². The molecular weight excluding hydrogens is 352 g/mol. The van der Waals surface area contributed by atoms with Crippen molar-refractivity contribution in [2.75, 3.05) is 39.3 Å². The second-order valence-electron chi connectivity index (χ2n) is 9.58. The van der Waals surface area contributed by atoms with Crippen LogP contribution in [0.15, 0.2) is 30.3 Å². The predicted octanol–water partition coefficient (Wildman–Crippen LogP) is 4.33. The average Bonchev–Trinajstić information content (AvgIpc) is 2.61. The van der Waals surface area contributed by atoms with Crippen LogP contribution in [0.4, 0.5) is 0 Å². The molecule has 0 N–H and O–H groups in total. The van der Waals surface area contributed by atoms with Crippen molar-refractivity contribution < 1.29 is 4.74 Å². The topological polar surface area (TPSA) is 15.7 Å². The number of piperazine rings is 1. The second kappa shape index (κ2) is 9.78. The van der Waals surface area contributed by atoms with Gasteiger partial charge in [0.05, 0.1) is 12.7 Å². The van der Waals surface area contributed by atoms with Crippen LogP contribution < -0.4 is 0 Å². The zero-order valence-corrected chi connectivity index (χ0v) is 18.3. The van der Waals surface area contributed by atoms with Gasteiger partial charge in [0, 0.05) is 44.5 Å². The monoisotopic (exact) mass is 390 g/mol. The molecular formula is C23H38N2OS. The number of hydrogen-bond donors (Lipinski definition) is 1. The normalized spacial score (nSPS) is 28.1. The Morgan fingerprint density at radius 1 is 1.07 bits per heavy atom. The number of rotatable bonds is 7. The lowest BCUT2D eigenvalue weighted by molar-refractivity contribution is -0.0244. The van der Waals surface area contributed by atoms with Crippen LogP contribution in [0, 0.1) is 11.3 Å². The van der Waals surface area contributed by atoms with Crippen molar-refractivity contribution >= 4 is 12.6 Å². The van der Waals surface area contributed by atoms with Gasteiger partial charge in [0.1, 0.15) is 0 Å². The van der Waals surface area contributed by atoms with Gasteiger partial charge in [-0.2, -0.15) is 12.6 Å². The molecule has 0 spiro atoms. The highest BCUT2D eigenvalue weighted by Crippen LogP contribution is 2.39. The molecule has 2 fully saturated rings. The van der Waals surface area contributed by atoms with Crippen LogP contribution in [0.2, 0.25) is 0 Å². The Hall–Kier alpha value is -0.550. The molecule has 1 aromatic rings. The van der Waals surface area contributed by atoms with Crippen molar-refractivity contribution in [2.24, 2.45) is 11.3 Å². The van der Waals surface area contributed by atoms with Crippen molar-refractivity contribution in [3.8, 4) is 0 Å². The van der Waals surface area contributed by atoms with Crippen LogP contribution in [0.3, 0.4) is 0 Å². The quantitative estimate of drug-likeness (QED) is 0.698. The highest BCUT2D eigenvalue weighted by atomic mass is 32.1. The summed E-state index contributed by atoms with van der Waals surface area (Å²) in [7, 11) is 0. The summed E-state index contributed by atoms with van der Waals surface area (Å²) in [6.07, 6.45) is 4.14. The summed E-state index contributed by atoms with van der Waals surface area (Å²) >= 11 is 4.83. The van der Waals surface area contributed by atoms with Gasteiger partial charge in [0.15, 0.2) is 0 Å². The van der Waals surface area contributed by atoms with Gasteiger partial charge in [-0.3, -0.25) is 9.80 Å². The fourth-order valence-electron chi connectivity index (χ4n) is 4.95. The van der Waals surface area contributed by atoms with Crippen LogP contribution in [0.25, 0.3) is 0 Å².